The zero-order chi connectivity index (χ0) is 15.0. The minimum absolute atomic E-state index is 0.102. The van der Waals surface area contributed by atoms with Gasteiger partial charge in [0.25, 0.3) is 0 Å². The average molecular weight is 614 g/mol. The van der Waals surface area contributed by atoms with Crippen LogP contribution in [0.2, 0.25) is 0 Å². The fourth-order valence-electron chi connectivity index (χ4n) is 1.62. The summed E-state index contributed by atoms with van der Waals surface area (Å²) >= 11 is 6.91. The van der Waals surface area contributed by atoms with Crippen LogP contribution >= 0.6 is 67.8 Å². The maximum Gasteiger partial charge on any atom is 0.305 e. The molecule has 1 rings (SSSR count). The molecule has 0 bridgehead atoms. The van der Waals surface area contributed by atoms with E-state index < -0.39 is 0 Å². The standard InChI is InChI=1S/C14H17I3O3/c1-2-19-13(18)6-4-3-5-7-20-14-11(16)8-10(15)9-12(14)17/h8-9H,2-7H2,1H3. The van der Waals surface area contributed by atoms with Gasteiger partial charge in [-0.3, -0.25) is 4.79 Å². The van der Waals surface area contributed by atoms with E-state index in [1.54, 1.807) is 0 Å². The molecule has 0 radical (unpaired) electrons. The number of benzene rings is 1. The molecule has 0 heterocycles. The Morgan fingerprint density at radius 3 is 2.35 bits per heavy atom. The fourth-order valence-corrected chi connectivity index (χ4v) is 5.52. The second kappa shape index (κ2) is 10.4. The second-order valence-corrected chi connectivity index (χ2v) is 7.73. The zero-order valence-corrected chi connectivity index (χ0v) is 17.7. The summed E-state index contributed by atoms with van der Waals surface area (Å²) in [7, 11) is 0. The van der Waals surface area contributed by atoms with Crippen molar-refractivity contribution in [2.75, 3.05) is 13.2 Å². The van der Waals surface area contributed by atoms with Crippen LogP contribution < -0.4 is 4.74 Å². The number of rotatable bonds is 8. The molecular formula is C14H17I3O3. The van der Waals surface area contributed by atoms with Gasteiger partial charge < -0.3 is 9.47 Å². The minimum atomic E-state index is -0.102. The number of ether oxygens (including phenoxy) is 2. The Morgan fingerprint density at radius 1 is 1.10 bits per heavy atom. The molecule has 0 spiro atoms. The molecule has 0 aliphatic carbocycles. The van der Waals surface area contributed by atoms with Crippen molar-refractivity contribution >= 4 is 73.7 Å². The summed E-state index contributed by atoms with van der Waals surface area (Å²) in [4.78, 5) is 11.2. The molecule has 0 saturated carbocycles. The molecule has 0 aliphatic rings. The lowest BCUT2D eigenvalue weighted by atomic mass is 10.2. The number of carbonyl (C=O) groups is 1. The Balaban J connectivity index is 2.23. The molecule has 6 heteroatoms. The van der Waals surface area contributed by atoms with Crippen LogP contribution in [0.25, 0.3) is 0 Å². The molecule has 20 heavy (non-hydrogen) atoms. The lowest BCUT2D eigenvalue weighted by Gasteiger charge is -2.10. The third-order valence-electron chi connectivity index (χ3n) is 2.54. The number of halogens is 3. The van der Waals surface area contributed by atoms with Crippen LogP contribution in [0.4, 0.5) is 0 Å². The third kappa shape index (κ3) is 7.10. The van der Waals surface area contributed by atoms with Gasteiger partial charge in [0.15, 0.2) is 0 Å². The van der Waals surface area contributed by atoms with Gasteiger partial charge in [0.1, 0.15) is 5.75 Å². The molecular weight excluding hydrogens is 597 g/mol. The van der Waals surface area contributed by atoms with E-state index in [2.05, 4.69) is 79.9 Å². The van der Waals surface area contributed by atoms with Crippen LogP contribution in [0.15, 0.2) is 12.1 Å². The van der Waals surface area contributed by atoms with E-state index >= 15 is 0 Å². The third-order valence-corrected chi connectivity index (χ3v) is 4.77. The molecule has 0 amide bonds. The highest BCUT2D eigenvalue weighted by molar-refractivity contribution is 14.1. The Morgan fingerprint density at radius 2 is 1.75 bits per heavy atom. The highest BCUT2D eigenvalue weighted by Crippen LogP contribution is 2.29. The van der Waals surface area contributed by atoms with Gasteiger partial charge in [-0.2, -0.15) is 0 Å². The van der Waals surface area contributed by atoms with Crippen molar-refractivity contribution in [3.63, 3.8) is 0 Å². The highest BCUT2D eigenvalue weighted by atomic mass is 127. The predicted octanol–water partition coefficient (Wildman–Crippen LogP) is 5.00. The van der Waals surface area contributed by atoms with Crippen LogP contribution in [0.5, 0.6) is 5.75 Å². The van der Waals surface area contributed by atoms with E-state index in [-0.39, 0.29) is 5.97 Å². The number of hydrogen-bond donors (Lipinski definition) is 0. The maximum atomic E-state index is 11.2. The number of carbonyl (C=O) groups excluding carboxylic acids is 1. The molecule has 1 aromatic carbocycles. The van der Waals surface area contributed by atoms with Crippen LogP contribution in [0.1, 0.15) is 32.6 Å². The molecule has 112 valence electrons. The smallest absolute Gasteiger partial charge is 0.305 e. The molecule has 3 nitrogen and oxygen atoms in total. The Kier molecular flexibility index (Phi) is 9.75. The zero-order valence-electron chi connectivity index (χ0n) is 11.3. The van der Waals surface area contributed by atoms with E-state index in [0.717, 1.165) is 32.2 Å². The Bertz CT molecular complexity index is 426. The molecule has 0 atom stereocenters. The predicted molar refractivity (Wildman–Crippen MR) is 105 cm³/mol. The largest absolute Gasteiger partial charge is 0.491 e. The second-order valence-electron chi connectivity index (χ2n) is 4.16. The highest BCUT2D eigenvalue weighted by Gasteiger charge is 2.08. The van der Waals surface area contributed by atoms with Gasteiger partial charge in [-0.1, -0.05) is 0 Å². The molecule has 0 fully saturated rings. The molecule has 0 N–H and O–H groups in total. The van der Waals surface area contributed by atoms with Crippen molar-refractivity contribution in [1.29, 1.82) is 0 Å². The number of unbranched alkanes of at least 4 members (excludes halogenated alkanes) is 2. The summed E-state index contributed by atoms with van der Waals surface area (Å²) in [6.45, 7) is 2.98. The van der Waals surface area contributed by atoms with Crippen molar-refractivity contribution in [1.82, 2.24) is 0 Å². The van der Waals surface area contributed by atoms with Gasteiger partial charge in [-0.15, -0.1) is 0 Å². The fraction of sp³-hybridized carbons (Fsp3) is 0.500. The van der Waals surface area contributed by atoms with Crippen molar-refractivity contribution in [2.45, 2.75) is 32.6 Å². The summed E-state index contributed by atoms with van der Waals surface area (Å²) in [5, 5.41) is 0. The molecule has 0 aliphatic heterocycles. The van der Waals surface area contributed by atoms with Gasteiger partial charge >= 0.3 is 5.97 Å². The van der Waals surface area contributed by atoms with Gasteiger partial charge in [0.05, 0.1) is 20.4 Å². The summed E-state index contributed by atoms with van der Waals surface area (Å²) in [6, 6.07) is 4.22. The van der Waals surface area contributed by atoms with E-state index in [4.69, 9.17) is 9.47 Å². The molecule has 0 unspecified atom stereocenters. The first-order valence-corrected chi connectivity index (χ1v) is 9.71. The first-order valence-electron chi connectivity index (χ1n) is 6.47. The Labute approximate surface area is 161 Å². The number of hydrogen-bond acceptors (Lipinski definition) is 3. The van der Waals surface area contributed by atoms with Gasteiger partial charge in [-0.25, -0.2) is 0 Å². The Hall–Kier alpha value is 0.680. The first-order chi connectivity index (χ1) is 9.54. The van der Waals surface area contributed by atoms with Crippen molar-refractivity contribution < 1.29 is 14.3 Å². The molecule has 0 aromatic heterocycles. The van der Waals surface area contributed by atoms with Crippen LogP contribution in [0.3, 0.4) is 0 Å². The van der Waals surface area contributed by atoms with Gasteiger partial charge in [0.2, 0.25) is 0 Å². The lowest BCUT2D eigenvalue weighted by molar-refractivity contribution is -0.143. The topological polar surface area (TPSA) is 35.5 Å². The maximum absolute atomic E-state index is 11.2. The average Bonchev–Trinajstić information content (AvgIpc) is 2.36. The summed E-state index contributed by atoms with van der Waals surface area (Å²) in [5.41, 5.74) is 0. The SMILES string of the molecule is CCOC(=O)CCCCCOc1c(I)cc(I)cc1I. The van der Waals surface area contributed by atoms with Gasteiger partial charge in [-0.05, 0) is 106 Å². The van der Waals surface area contributed by atoms with E-state index in [9.17, 15) is 4.79 Å². The normalized spacial score (nSPS) is 10.4. The van der Waals surface area contributed by atoms with Crippen LogP contribution in [0, 0.1) is 10.7 Å². The number of esters is 1. The first kappa shape index (κ1) is 18.7. The lowest BCUT2D eigenvalue weighted by Crippen LogP contribution is -2.04. The van der Waals surface area contributed by atoms with Crippen LogP contribution in [-0.4, -0.2) is 19.2 Å². The van der Waals surface area contributed by atoms with E-state index in [1.165, 1.54) is 3.57 Å². The van der Waals surface area contributed by atoms with E-state index in [0.29, 0.717) is 19.6 Å². The van der Waals surface area contributed by atoms with Crippen molar-refractivity contribution in [3.05, 3.63) is 22.8 Å². The monoisotopic (exact) mass is 614 g/mol. The summed E-state index contributed by atoms with van der Waals surface area (Å²) < 4.78 is 14.2. The van der Waals surface area contributed by atoms with Crippen LogP contribution in [-0.2, 0) is 9.53 Å². The van der Waals surface area contributed by atoms with Crippen molar-refractivity contribution in [2.24, 2.45) is 0 Å². The van der Waals surface area contributed by atoms with Gasteiger partial charge in [0, 0.05) is 9.99 Å². The summed E-state index contributed by atoms with van der Waals surface area (Å²) in [5.74, 6) is 0.868. The minimum Gasteiger partial charge on any atom is -0.491 e. The van der Waals surface area contributed by atoms with E-state index in [1.807, 2.05) is 6.92 Å². The quantitative estimate of drug-likeness (QED) is 0.235. The van der Waals surface area contributed by atoms with Crippen molar-refractivity contribution in [3.8, 4) is 5.75 Å². The molecule has 0 saturated heterocycles. The molecule has 1 aromatic rings. The summed E-state index contributed by atoms with van der Waals surface area (Å²) in [6.07, 6.45) is 3.31.